The Balaban J connectivity index is 1.41. The maximum atomic E-state index is 13.4. The number of rotatable bonds is 19. The number of benzene rings is 3. The lowest BCUT2D eigenvalue weighted by molar-refractivity contribution is -0.168. The molecule has 0 bridgehead atoms. The minimum atomic E-state index is -1.30. The number of furan rings is 1. The number of fused-ring (bicyclic) bond motifs is 1. The van der Waals surface area contributed by atoms with Crippen LogP contribution in [0.1, 0.15) is 59.6 Å². The van der Waals surface area contributed by atoms with E-state index < -0.39 is 54.1 Å². The monoisotopic (exact) mass is 744 g/mol. The standard InChI is InChI=1S/C39H44N4O11/c1-5-31(43(50)23-44)28(15-12-24-11-13-25-9-7-8-10-26(25)19-24)36(46)40-22-41-38(48)33-18-17-32(54-33)27-14-16-29(34(20-27)53-6-2)37(47)42-30(39(49)52-4)21-35(45)51-3/h7-11,13-14,16-20,23,28,30-31,50H,5-6,12,15,21-22H2,1-4H3,(H,40,46)(H,41,48)(H,42,47)/t28-,30+,31-/m1/s1. The highest BCUT2D eigenvalue weighted by Gasteiger charge is 2.31. The molecule has 15 heteroatoms. The number of amides is 4. The van der Waals surface area contributed by atoms with Crippen LogP contribution in [0.4, 0.5) is 0 Å². The molecule has 4 N–H and O–H groups in total. The molecule has 0 radical (unpaired) electrons. The zero-order valence-corrected chi connectivity index (χ0v) is 30.5. The van der Waals surface area contributed by atoms with E-state index in [0.29, 0.717) is 29.9 Å². The van der Waals surface area contributed by atoms with Crippen molar-refractivity contribution in [3.63, 3.8) is 0 Å². The molecule has 1 heterocycles. The molecule has 0 unspecified atom stereocenters. The van der Waals surface area contributed by atoms with E-state index in [2.05, 4.69) is 20.7 Å². The summed E-state index contributed by atoms with van der Waals surface area (Å²) in [6.45, 7) is 3.41. The third kappa shape index (κ3) is 10.4. The van der Waals surface area contributed by atoms with Crippen molar-refractivity contribution in [1.82, 2.24) is 21.0 Å². The second-order valence-electron chi connectivity index (χ2n) is 12.1. The normalized spacial score (nSPS) is 12.5. The lowest BCUT2D eigenvalue weighted by Gasteiger charge is -2.29. The van der Waals surface area contributed by atoms with Crippen LogP contribution in [0.15, 0.2) is 77.2 Å². The van der Waals surface area contributed by atoms with Gasteiger partial charge in [0.2, 0.25) is 12.3 Å². The third-order valence-electron chi connectivity index (χ3n) is 8.77. The van der Waals surface area contributed by atoms with Crippen LogP contribution in [0.5, 0.6) is 5.75 Å². The maximum absolute atomic E-state index is 13.4. The average molecular weight is 745 g/mol. The Bertz CT molecular complexity index is 1960. The Morgan fingerprint density at radius 2 is 1.65 bits per heavy atom. The number of hydrogen-bond donors (Lipinski definition) is 4. The SMILES string of the molecule is CCOc1cc(-c2ccc(C(=O)NCNC(=O)[C@H](CCc3ccc4ccccc4c3)[C@@H](CC)N(O)C=O)o2)ccc1C(=O)N[C@@H](CC(=O)OC)C(=O)OC. The van der Waals surface area contributed by atoms with Gasteiger partial charge in [-0.05, 0) is 66.8 Å². The fourth-order valence-electron chi connectivity index (χ4n) is 5.95. The molecule has 0 spiro atoms. The maximum Gasteiger partial charge on any atom is 0.328 e. The topological polar surface area (TPSA) is 203 Å². The Kier molecular flexibility index (Phi) is 14.7. The third-order valence-corrected chi connectivity index (χ3v) is 8.77. The minimum absolute atomic E-state index is 0.0652. The summed E-state index contributed by atoms with van der Waals surface area (Å²) in [4.78, 5) is 75.0. The van der Waals surface area contributed by atoms with Gasteiger partial charge in [-0.25, -0.2) is 9.86 Å². The summed E-state index contributed by atoms with van der Waals surface area (Å²) < 4.78 is 20.8. The molecule has 0 saturated carbocycles. The van der Waals surface area contributed by atoms with Gasteiger partial charge < -0.3 is 34.6 Å². The molecule has 0 aliphatic carbocycles. The van der Waals surface area contributed by atoms with E-state index in [-0.39, 0.29) is 42.5 Å². The summed E-state index contributed by atoms with van der Waals surface area (Å²) in [7, 11) is 2.28. The first-order valence-electron chi connectivity index (χ1n) is 17.3. The first kappa shape index (κ1) is 40.5. The van der Waals surface area contributed by atoms with Crippen molar-refractivity contribution in [3.8, 4) is 17.1 Å². The molecule has 54 heavy (non-hydrogen) atoms. The molecule has 4 rings (SSSR count). The predicted octanol–water partition coefficient (Wildman–Crippen LogP) is 4.01. The molecular formula is C39H44N4O11. The lowest BCUT2D eigenvalue weighted by atomic mass is 9.89. The summed E-state index contributed by atoms with van der Waals surface area (Å²) in [6.07, 6.45) is 0.979. The zero-order valence-electron chi connectivity index (χ0n) is 30.5. The number of hydroxylamine groups is 2. The van der Waals surface area contributed by atoms with Crippen molar-refractivity contribution in [2.24, 2.45) is 5.92 Å². The fraction of sp³-hybridized carbons (Fsp3) is 0.333. The van der Waals surface area contributed by atoms with Crippen LogP contribution < -0.4 is 20.7 Å². The molecule has 0 aliphatic heterocycles. The number of hydrogen-bond acceptors (Lipinski definition) is 11. The minimum Gasteiger partial charge on any atom is -0.493 e. The number of esters is 2. The Morgan fingerprint density at radius 1 is 0.889 bits per heavy atom. The van der Waals surface area contributed by atoms with Gasteiger partial charge in [0.05, 0.1) is 51.4 Å². The van der Waals surface area contributed by atoms with Crippen LogP contribution in [0.25, 0.3) is 22.1 Å². The van der Waals surface area contributed by atoms with E-state index >= 15 is 0 Å². The van der Waals surface area contributed by atoms with Crippen molar-refractivity contribution in [2.75, 3.05) is 27.5 Å². The first-order chi connectivity index (χ1) is 26.0. The van der Waals surface area contributed by atoms with Gasteiger partial charge in [0.1, 0.15) is 17.6 Å². The molecule has 4 amide bonds. The fourth-order valence-corrected chi connectivity index (χ4v) is 5.95. The molecule has 4 aromatic rings. The van der Waals surface area contributed by atoms with Crippen LogP contribution in [0.3, 0.4) is 0 Å². The second-order valence-corrected chi connectivity index (χ2v) is 12.1. The van der Waals surface area contributed by atoms with Gasteiger partial charge >= 0.3 is 11.9 Å². The van der Waals surface area contributed by atoms with Crippen LogP contribution in [0, 0.1) is 5.92 Å². The number of nitrogens with one attached hydrogen (secondary N) is 3. The Hall–Kier alpha value is -6.22. The molecule has 0 aliphatic rings. The largest absolute Gasteiger partial charge is 0.493 e. The zero-order chi connectivity index (χ0) is 39.2. The van der Waals surface area contributed by atoms with Crippen molar-refractivity contribution >= 4 is 46.8 Å². The van der Waals surface area contributed by atoms with Crippen molar-refractivity contribution in [2.45, 2.75) is 51.6 Å². The Morgan fingerprint density at radius 3 is 2.33 bits per heavy atom. The summed E-state index contributed by atoms with van der Waals surface area (Å²) in [6, 6.07) is 19.4. The smallest absolute Gasteiger partial charge is 0.328 e. The highest BCUT2D eigenvalue weighted by molar-refractivity contribution is 6.00. The van der Waals surface area contributed by atoms with Gasteiger partial charge in [-0.3, -0.25) is 29.2 Å². The number of methoxy groups -OCH3 is 2. The van der Waals surface area contributed by atoms with E-state index in [1.807, 2.05) is 42.5 Å². The summed E-state index contributed by atoms with van der Waals surface area (Å²) in [5, 5.41) is 20.7. The van der Waals surface area contributed by atoms with Gasteiger partial charge in [0.15, 0.2) is 5.76 Å². The van der Waals surface area contributed by atoms with E-state index in [4.69, 9.17) is 13.9 Å². The number of ether oxygens (including phenoxy) is 3. The number of nitrogens with zero attached hydrogens (tertiary/aromatic N) is 1. The van der Waals surface area contributed by atoms with E-state index in [1.54, 1.807) is 26.0 Å². The van der Waals surface area contributed by atoms with E-state index in [9.17, 15) is 34.0 Å². The molecular weight excluding hydrogens is 700 g/mol. The van der Waals surface area contributed by atoms with Crippen LogP contribution in [0.2, 0.25) is 0 Å². The number of carbonyl (C=O) groups excluding carboxylic acids is 6. The van der Waals surface area contributed by atoms with Crippen LogP contribution >= 0.6 is 0 Å². The number of carbonyl (C=O) groups is 6. The molecule has 3 aromatic carbocycles. The summed E-state index contributed by atoms with van der Waals surface area (Å²) in [5.41, 5.74) is 1.52. The van der Waals surface area contributed by atoms with Gasteiger partial charge in [0, 0.05) is 5.56 Å². The van der Waals surface area contributed by atoms with Crippen molar-refractivity contribution in [1.29, 1.82) is 0 Å². The molecule has 3 atom stereocenters. The first-order valence-corrected chi connectivity index (χ1v) is 17.3. The highest BCUT2D eigenvalue weighted by atomic mass is 16.5. The van der Waals surface area contributed by atoms with Crippen molar-refractivity contribution < 1.29 is 52.6 Å². The average Bonchev–Trinajstić information content (AvgIpc) is 3.69. The molecule has 1 aromatic heterocycles. The molecule has 0 saturated heterocycles. The number of aryl methyl sites for hydroxylation is 1. The van der Waals surface area contributed by atoms with Gasteiger partial charge in [-0.15, -0.1) is 0 Å². The van der Waals surface area contributed by atoms with Gasteiger partial charge in [0.25, 0.3) is 11.8 Å². The second kappa shape index (κ2) is 19.6. The molecule has 15 nitrogen and oxygen atoms in total. The summed E-state index contributed by atoms with van der Waals surface area (Å²) in [5.74, 6) is -3.77. The van der Waals surface area contributed by atoms with Gasteiger partial charge in [-0.2, -0.15) is 0 Å². The van der Waals surface area contributed by atoms with Gasteiger partial charge in [-0.1, -0.05) is 55.5 Å². The molecule has 286 valence electrons. The predicted molar refractivity (Wildman–Crippen MR) is 195 cm³/mol. The van der Waals surface area contributed by atoms with E-state index in [1.165, 1.54) is 18.2 Å². The highest BCUT2D eigenvalue weighted by Crippen LogP contribution is 2.29. The van der Waals surface area contributed by atoms with E-state index in [0.717, 1.165) is 30.6 Å². The van der Waals surface area contributed by atoms with Crippen LogP contribution in [-0.4, -0.2) is 85.9 Å². The quantitative estimate of drug-likeness (QED) is 0.0355. The molecule has 0 fully saturated rings. The van der Waals surface area contributed by atoms with Crippen molar-refractivity contribution in [3.05, 3.63) is 89.7 Å². The van der Waals surface area contributed by atoms with Crippen LogP contribution in [-0.2, 0) is 35.1 Å². The Labute approximate surface area is 311 Å². The lowest BCUT2D eigenvalue weighted by Crippen LogP contribution is -2.47. The summed E-state index contributed by atoms with van der Waals surface area (Å²) >= 11 is 0.